The molecule has 5 heteroatoms. The van der Waals surface area contributed by atoms with Crippen LogP contribution >= 0.6 is 22.6 Å². The van der Waals surface area contributed by atoms with E-state index >= 15 is 0 Å². The second kappa shape index (κ2) is 3.06. The lowest BCUT2D eigenvalue weighted by atomic mass is 10.5. The molecule has 0 spiro atoms. The first-order valence-corrected chi connectivity index (χ1v) is 5.78. The van der Waals surface area contributed by atoms with Crippen molar-refractivity contribution in [2.75, 3.05) is 6.26 Å². The smallest absolute Gasteiger partial charge is 0.177 e. The average molecular weight is 283 g/mol. The highest BCUT2D eigenvalue weighted by atomic mass is 127. The Kier molecular flexibility index (Phi) is 2.48. The molecule has 0 amide bonds. The molecular formula is C6H6INO2S. The van der Waals surface area contributed by atoms with E-state index in [-0.39, 0.29) is 4.90 Å². The predicted molar refractivity (Wildman–Crippen MR) is 50.1 cm³/mol. The molecule has 1 heterocycles. The summed E-state index contributed by atoms with van der Waals surface area (Å²) < 4.78 is 22.7. The van der Waals surface area contributed by atoms with Crippen molar-refractivity contribution in [2.24, 2.45) is 0 Å². The second-order valence-electron chi connectivity index (χ2n) is 2.11. The fourth-order valence-corrected chi connectivity index (χ4v) is 1.90. The number of pyridine rings is 1. The summed E-state index contributed by atoms with van der Waals surface area (Å²) in [6, 6.07) is 1.59. The van der Waals surface area contributed by atoms with E-state index in [0.717, 1.165) is 3.57 Å². The number of halogens is 1. The van der Waals surface area contributed by atoms with Gasteiger partial charge in [-0.2, -0.15) is 0 Å². The molecule has 0 saturated carbocycles. The van der Waals surface area contributed by atoms with Crippen LogP contribution in [0, 0.1) is 3.57 Å². The fourth-order valence-electron chi connectivity index (χ4n) is 0.595. The predicted octanol–water partition coefficient (Wildman–Crippen LogP) is 1.09. The minimum absolute atomic E-state index is 0.268. The van der Waals surface area contributed by atoms with Gasteiger partial charge in [0.2, 0.25) is 0 Å². The van der Waals surface area contributed by atoms with Gasteiger partial charge < -0.3 is 0 Å². The van der Waals surface area contributed by atoms with Crippen molar-refractivity contribution in [3.63, 3.8) is 0 Å². The van der Waals surface area contributed by atoms with Crippen LogP contribution in [-0.4, -0.2) is 19.7 Å². The molecule has 0 aliphatic heterocycles. The molecule has 0 saturated heterocycles. The maximum absolute atomic E-state index is 10.9. The van der Waals surface area contributed by atoms with Crippen LogP contribution in [0.1, 0.15) is 0 Å². The molecule has 11 heavy (non-hydrogen) atoms. The van der Waals surface area contributed by atoms with Crippen molar-refractivity contribution in [1.82, 2.24) is 4.98 Å². The van der Waals surface area contributed by atoms with Crippen molar-refractivity contribution in [3.8, 4) is 0 Å². The van der Waals surface area contributed by atoms with Gasteiger partial charge in [-0.15, -0.1) is 0 Å². The summed E-state index contributed by atoms with van der Waals surface area (Å²) in [6.07, 6.45) is 4.12. The van der Waals surface area contributed by atoms with E-state index in [1.54, 1.807) is 12.3 Å². The first-order chi connectivity index (χ1) is 5.00. The number of nitrogens with zero attached hydrogens (tertiary/aromatic N) is 1. The van der Waals surface area contributed by atoms with E-state index < -0.39 is 9.84 Å². The Balaban J connectivity index is 3.28. The number of aromatic nitrogens is 1. The first-order valence-electron chi connectivity index (χ1n) is 2.81. The van der Waals surface area contributed by atoms with Crippen LogP contribution in [0.4, 0.5) is 0 Å². The second-order valence-corrected chi connectivity index (χ2v) is 5.37. The van der Waals surface area contributed by atoms with Gasteiger partial charge in [0, 0.05) is 22.2 Å². The van der Waals surface area contributed by atoms with Crippen LogP contribution in [-0.2, 0) is 9.84 Å². The lowest BCUT2D eigenvalue weighted by Gasteiger charge is -1.95. The molecule has 0 atom stereocenters. The largest absolute Gasteiger partial charge is 0.262 e. The Morgan fingerprint density at radius 1 is 1.45 bits per heavy atom. The molecule has 3 nitrogen and oxygen atoms in total. The monoisotopic (exact) mass is 283 g/mol. The van der Waals surface area contributed by atoms with E-state index in [0.29, 0.717) is 0 Å². The lowest BCUT2D eigenvalue weighted by Crippen LogP contribution is -1.97. The van der Waals surface area contributed by atoms with Gasteiger partial charge in [0.1, 0.15) is 0 Å². The van der Waals surface area contributed by atoms with E-state index in [4.69, 9.17) is 0 Å². The summed E-state index contributed by atoms with van der Waals surface area (Å²) in [5, 5.41) is 0. The zero-order valence-electron chi connectivity index (χ0n) is 5.78. The van der Waals surface area contributed by atoms with Crippen LogP contribution in [0.3, 0.4) is 0 Å². The van der Waals surface area contributed by atoms with Gasteiger partial charge in [0.05, 0.1) is 4.90 Å². The van der Waals surface area contributed by atoms with E-state index in [2.05, 4.69) is 4.98 Å². The van der Waals surface area contributed by atoms with E-state index in [1.165, 1.54) is 12.5 Å². The average Bonchev–Trinajstić information content (AvgIpc) is 1.86. The molecule has 1 aromatic heterocycles. The highest BCUT2D eigenvalue weighted by Gasteiger charge is 2.06. The molecule has 0 fully saturated rings. The molecule has 1 aromatic rings. The Labute approximate surface area is 78.9 Å². The van der Waals surface area contributed by atoms with E-state index in [9.17, 15) is 8.42 Å². The summed E-state index contributed by atoms with van der Waals surface area (Å²) in [5.74, 6) is 0. The van der Waals surface area contributed by atoms with E-state index in [1.807, 2.05) is 22.6 Å². The normalized spacial score (nSPS) is 11.5. The number of rotatable bonds is 1. The molecule has 0 bridgehead atoms. The molecule has 0 aromatic carbocycles. The summed E-state index contributed by atoms with van der Waals surface area (Å²) in [7, 11) is -3.09. The van der Waals surface area contributed by atoms with Crippen molar-refractivity contribution in [2.45, 2.75) is 4.90 Å². The Bertz CT molecular complexity index is 361. The van der Waals surface area contributed by atoms with Crippen molar-refractivity contribution in [3.05, 3.63) is 22.0 Å². The zero-order chi connectivity index (χ0) is 8.48. The maximum atomic E-state index is 10.9. The van der Waals surface area contributed by atoms with Gasteiger partial charge >= 0.3 is 0 Å². The SMILES string of the molecule is CS(=O)(=O)c1cncc(I)c1. The summed E-state index contributed by atoms with van der Waals surface area (Å²) >= 11 is 2.02. The summed E-state index contributed by atoms with van der Waals surface area (Å²) in [6.45, 7) is 0. The van der Waals surface area contributed by atoms with Crippen LogP contribution in [0.2, 0.25) is 0 Å². The highest BCUT2D eigenvalue weighted by Crippen LogP contribution is 2.10. The summed E-state index contributed by atoms with van der Waals surface area (Å²) in [4.78, 5) is 4.03. The van der Waals surface area contributed by atoms with Crippen LogP contribution < -0.4 is 0 Å². The molecular weight excluding hydrogens is 277 g/mol. The zero-order valence-corrected chi connectivity index (χ0v) is 8.76. The Morgan fingerprint density at radius 2 is 2.09 bits per heavy atom. The van der Waals surface area contributed by atoms with Gasteiger partial charge in [0.15, 0.2) is 9.84 Å². The standard InChI is InChI=1S/C6H6INO2S/c1-11(9,10)6-2-5(7)3-8-4-6/h2-4H,1H3. The molecule has 1 rings (SSSR count). The quantitative estimate of drug-likeness (QED) is 0.725. The lowest BCUT2D eigenvalue weighted by molar-refractivity contribution is 0.601. The van der Waals surface area contributed by atoms with Gasteiger partial charge in [-0.3, -0.25) is 4.98 Å². The number of hydrogen-bond acceptors (Lipinski definition) is 3. The Hall–Kier alpha value is -0.170. The topological polar surface area (TPSA) is 47.0 Å². The fraction of sp³-hybridized carbons (Fsp3) is 0.167. The molecule has 0 unspecified atom stereocenters. The number of hydrogen-bond donors (Lipinski definition) is 0. The number of sulfone groups is 1. The maximum Gasteiger partial charge on any atom is 0.177 e. The van der Waals surface area contributed by atoms with Crippen LogP contribution in [0.15, 0.2) is 23.4 Å². The molecule has 0 radical (unpaired) electrons. The molecule has 0 aliphatic rings. The van der Waals surface area contributed by atoms with Crippen molar-refractivity contribution in [1.29, 1.82) is 0 Å². The minimum atomic E-state index is -3.09. The van der Waals surface area contributed by atoms with Crippen LogP contribution in [0.5, 0.6) is 0 Å². The van der Waals surface area contributed by atoms with Gasteiger partial charge in [-0.25, -0.2) is 8.42 Å². The third-order valence-corrected chi connectivity index (χ3v) is 2.78. The van der Waals surface area contributed by atoms with Gasteiger partial charge in [0.25, 0.3) is 0 Å². The Morgan fingerprint density at radius 3 is 2.45 bits per heavy atom. The highest BCUT2D eigenvalue weighted by molar-refractivity contribution is 14.1. The minimum Gasteiger partial charge on any atom is -0.262 e. The molecule has 60 valence electrons. The van der Waals surface area contributed by atoms with Crippen LogP contribution in [0.25, 0.3) is 0 Å². The summed E-state index contributed by atoms with van der Waals surface area (Å²) in [5.41, 5.74) is 0. The van der Waals surface area contributed by atoms with Gasteiger partial charge in [-0.1, -0.05) is 0 Å². The third kappa shape index (κ3) is 2.41. The van der Waals surface area contributed by atoms with Crippen molar-refractivity contribution >= 4 is 32.4 Å². The molecule has 0 aliphatic carbocycles. The third-order valence-electron chi connectivity index (χ3n) is 1.11. The first kappa shape index (κ1) is 8.92. The van der Waals surface area contributed by atoms with Crippen molar-refractivity contribution < 1.29 is 8.42 Å². The van der Waals surface area contributed by atoms with Gasteiger partial charge in [-0.05, 0) is 28.7 Å². The molecule has 0 N–H and O–H groups in total.